The molecule has 0 aliphatic rings. The van der Waals surface area contributed by atoms with Gasteiger partial charge in [0.15, 0.2) is 0 Å². The van der Waals surface area contributed by atoms with Crippen molar-refractivity contribution >= 4 is 22.7 Å². The zero-order valence-corrected chi connectivity index (χ0v) is 5.84. The van der Waals surface area contributed by atoms with E-state index in [0.29, 0.717) is 0 Å². The van der Waals surface area contributed by atoms with Crippen molar-refractivity contribution in [1.29, 1.82) is 0 Å². The molecule has 1 N–H and O–H groups in total. The first-order valence-electron chi connectivity index (χ1n) is 2.38. The Morgan fingerprint density at radius 2 is 2.50 bits per heavy atom. The Bertz CT molecular complexity index is 166. The van der Waals surface area contributed by atoms with Crippen LogP contribution in [-0.2, 0) is 9.53 Å². The summed E-state index contributed by atoms with van der Waals surface area (Å²) < 4.78 is 4.36. The molecule has 10 heavy (non-hydrogen) atoms. The molecule has 0 fully saturated rings. The molecule has 0 unspecified atom stereocenters. The van der Waals surface area contributed by atoms with Crippen molar-refractivity contribution in [3.05, 3.63) is 12.7 Å². The molecule has 0 heterocycles. The molecule has 56 valence electrons. The second-order valence-electron chi connectivity index (χ2n) is 1.28. The number of nitrogens with zero attached hydrogens (tertiary/aromatic N) is 1. The molecule has 0 saturated heterocycles. The number of hydrogen-bond acceptors (Lipinski definition) is 4. The molecule has 0 aliphatic heterocycles. The van der Waals surface area contributed by atoms with Crippen LogP contribution in [0.1, 0.15) is 0 Å². The third-order valence-corrected chi connectivity index (χ3v) is 0.818. The second-order valence-corrected chi connectivity index (χ2v) is 1.64. The number of rotatable bonds is 3. The average molecular weight is 164 g/mol. The van der Waals surface area contributed by atoms with Crippen LogP contribution in [-0.4, -0.2) is 23.0 Å². The molecule has 0 spiro atoms. The zero-order valence-electron chi connectivity index (χ0n) is 5.08. The standard InChI is InChI=1S/C5H6ClNO3/c1-2-3-10-5(8)4(6)7-9/h2,9H,1,3H2/b7-4-. The highest BCUT2D eigenvalue weighted by Gasteiger charge is 2.08. The van der Waals surface area contributed by atoms with Crippen LogP contribution in [0.4, 0.5) is 0 Å². The fraction of sp³-hybridized carbons (Fsp3) is 0.200. The summed E-state index contributed by atoms with van der Waals surface area (Å²) in [5, 5.41) is 9.75. The molecule has 0 aromatic carbocycles. The lowest BCUT2D eigenvalue weighted by Crippen LogP contribution is -2.11. The molecule has 0 atom stereocenters. The van der Waals surface area contributed by atoms with E-state index in [1.165, 1.54) is 6.08 Å². The quantitative estimate of drug-likeness (QED) is 0.220. The van der Waals surface area contributed by atoms with E-state index in [4.69, 9.17) is 16.8 Å². The maximum atomic E-state index is 10.4. The zero-order chi connectivity index (χ0) is 7.98. The number of oxime groups is 1. The van der Waals surface area contributed by atoms with Crippen LogP contribution in [0.2, 0.25) is 0 Å². The SMILES string of the molecule is C=CCOC(=O)/C(Cl)=N/O. The van der Waals surface area contributed by atoms with Gasteiger partial charge >= 0.3 is 5.97 Å². The molecule has 0 amide bonds. The van der Waals surface area contributed by atoms with E-state index in [9.17, 15) is 4.79 Å². The van der Waals surface area contributed by atoms with Crippen LogP contribution < -0.4 is 0 Å². The fourth-order valence-corrected chi connectivity index (χ4v) is 0.290. The number of carbonyl (C=O) groups is 1. The first kappa shape index (κ1) is 8.97. The van der Waals surface area contributed by atoms with E-state index in [1.807, 2.05) is 0 Å². The summed E-state index contributed by atoms with van der Waals surface area (Å²) >= 11 is 5.04. The first-order chi connectivity index (χ1) is 4.72. The van der Waals surface area contributed by atoms with E-state index in [2.05, 4.69) is 16.5 Å². The monoisotopic (exact) mass is 163 g/mol. The number of halogens is 1. The summed E-state index contributed by atoms with van der Waals surface area (Å²) in [6.45, 7) is 3.34. The lowest BCUT2D eigenvalue weighted by molar-refractivity contribution is -0.134. The third-order valence-electron chi connectivity index (χ3n) is 0.589. The van der Waals surface area contributed by atoms with E-state index in [-0.39, 0.29) is 6.61 Å². The maximum Gasteiger partial charge on any atom is 0.372 e. The van der Waals surface area contributed by atoms with Crippen molar-refractivity contribution < 1.29 is 14.7 Å². The molecule has 0 aromatic heterocycles. The van der Waals surface area contributed by atoms with Crippen LogP contribution in [0.15, 0.2) is 17.8 Å². The Hall–Kier alpha value is -1.03. The van der Waals surface area contributed by atoms with Gasteiger partial charge in [0.1, 0.15) is 6.61 Å². The van der Waals surface area contributed by atoms with Crippen LogP contribution in [0, 0.1) is 0 Å². The minimum absolute atomic E-state index is 0.0462. The van der Waals surface area contributed by atoms with Gasteiger partial charge in [-0.1, -0.05) is 29.4 Å². The summed E-state index contributed by atoms with van der Waals surface area (Å²) in [6.07, 6.45) is 1.37. The molecule has 4 nitrogen and oxygen atoms in total. The van der Waals surface area contributed by atoms with Crippen molar-refractivity contribution in [1.82, 2.24) is 0 Å². The fourth-order valence-electron chi connectivity index (χ4n) is 0.235. The molecule has 0 saturated carbocycles. The van der Waals surface area contributed by atoms with Crippen molar-refractivity contribution in [3.63, 3.8) is 0 Å². The van der Waals surface area contributed by atoms with Crippen molar-refractivity contribution in [2.45, 2.75) is 0 Å². The van der Waals surface area contributed by atoms with Crippen molar-refractivity contribution in [2.24, 2.45) is 5.16 Å². The molecule has 0 bridgehead atoms. The smallest absolute Gasteiger partial charge is 0.372 e. The third kappa shape index (κ3) is 3.09. The van der Waals surface area contributed by atoms with Crippen LogP contribution in [0.5, 0.6) is 0 Å². The summed E-state index contributed by atoms with van der Waals surface area (Å²) in [5.41, 5.74) is 0. The van der Waals surface area contributed by atoms with Gasteiger partial charge < -0.3 is 9.94 Å². The second kappa shape index (κ2) is 4.81. The Balaban J connectivity index is 3.74. The number of ether oxygens (including phenoxy) is 1. The van der Waals surface area contributed by atoms with E-state index < -0.39 is 11.1 Å². The molecule has 0 aliphatic carbocycles. The van der Waals surface area contributed by atoms with Gasteiger partial charge in [-0.15, -0.1) is 0 Å². The van der Waals surface area contributed by atoms with Gasteiger partial charge in [-0.3, -0.25) is 0 Å². The maximum absolute atomic E-state index is 10.4. The minimum Gasteiger partial charge on any atom is -0.456 e. The Labute approximate surface area is 62.7 Å². The number of hydrogen-bond donors (Lipinski definition) is 1. The normalized spacial score (nSPS) is 10.7. The Kier molecular flexibility index (Phi) is 4.32. The summed E-state index contributed by atoms with van der Waals surface area (Å²) in [4.78, 5) is 10.4. The molecule has 0 rings (SSSR count). The van der Waals surface area contributed by atoms with Gasteiger partial charge in [0.25, 0.3) is 5.17 Å². The van der Waals surface area contributed by atoms with Gasteiger partial charge in [0.05, 0.1) is 0 Å². The highest BCUT2D eigenvalue weighted by molar-refractivity contribution is 6.81. The van der Waals surface area contributed by atoms with Crippen LogP contribution in [0.3, 0.4) is 0 Å². The average Bonchev–Trinajstić information content (AvgIpc) is 1.98. The van der Waals surface area contributed by atoms with E-state index >= 15 is 0 Å². The summed E-state index contributed by atoms with van der Waals surface area (Å²) in [6, 6.07) is 0. The minimum atomic E-state index is -0.871. The van der Waals surface area contributed by atoms with E-state index in [0.717, 1.165) is 0 Å². The van der Waals surface area contributed by atoms with Gasteiger partial charge in [0.2, 0.25) is 0 Å². The van der Waals surface area contributed by atoms with E-state index in [1.54, 1.807) is 0 Å². The largest absolute Gasteiger partial charge is 0.456 e. The number of esters is 1. The molecule has 5 heteroatoms. The molecule has 0 radical (unpaired) electrons. The van der Waals surface area contributed by atoms with Crippen LogP contribution >= 0.6 is 11.6 Å². The molecule has 0 aromatic rings. The topological polar surface area (TPSA) is 58.9 Å². The lowest BCUT2D eigenvalue weighted by atomic mass is 10.7. The highest BCUT2D eigenvalue weighted by atomic mass is 35.5. The van der Waals surface area contributed by atoms with Gasteiger partial charge in [-0.2, -0.15) is 0 Å². The molecular weight excluding hydrogens is 158 g/mol. The van der Waals surface area contributed by atoms with Crippen LogP contribution in [0.25, 0.3) is 0 Å². The Morgan fingerprint density at radius 3 is 2.90 bits per heavy atom. The predicted octanol–water partition coefficient (Wildman–Crippen LogP) is 0.742. The summed E-state index contributed by atoms with van der Waals surface area (Å²) in [7, 11) is 0. The molecular formula is C5H6ClNO3. The highest BCUT2D eigenvalue weighted by Crippen LogP contribution is 1.88. The van der Waals surface area contributed by atoms with Gasteiger partial charge in [-0.05, 0) is 0 Å². The predicted molar refractivity (Wildman–Crippen MR) is 36.2 cm³/mol. The Morgan fingerprint density at radius 1 is 1.90 bits per heavy atom. The van der Waals surface area contributed by atoms with Gasteiger partial charge in [-0.25, -0.2) is 4.79 Å². The van der Waals surface area contributed by atoms with Crippen molar-refractivity contribution in [3.8, 4) is 0 Å². The number of carbonyl (C=O) groups excluding carboxylic acids is 1. The first-order valence-corrected chi connectivity index (χ1v) is 2.75. The van der Waals surface area contributed by atoms with Crippen molar-refractivity contribution in [2.75, 3.05) is 6.61 Å². The lowest BCUT2D eigenvalue weighted by Gasteiger charge is -1.95. The summed E-state index contributed by atoms with van der Waals surface area (Å²) in [5.74, 6) is -0.871. The van der Waals surface area contributed by atoms with Gasteiger partial charge in [0, 0.05) is 0 Å².